The Morgan fingerprint density at radius 1 is 1.53 bits per heavy atom. The predicted octanol–water partition coefficient (Wildman–Crippen LogP) is 1.15. The lowest BCUT2D eigenvalue weighted by molar-refractivity contribution is -0.114. The van der Waals surface area contributed by atoms with Gasteiger partial charge >= 0.3 is 0 Å². The maximum atomic E-state index is 10.9. The highest BCUT2D eigenvalue weighted by molar-refractivity contribution is 7.09. The highest BCUT2D eigenvalue weighted by Gasteiger charge is 2.19. The molecular formula is C8H15ClN4OS. The topological polar surface area (TPSA) is 80.9 Å². The normalized spacial score (nSPS) is 10.7. The summed E-state index contributed by atoms with van der Waals surface area (Å²) in [5.74, 6) is 0.483. The molecule has 1 aromatic heterocycles. The first kappa shape index (κ1) is 14.3. The van der Waals surface area contributed by atoms with Gasteiger partial charge in [0.15, 0.2) is 0 Å². The van der Waals surface area contributed by atoms with Gasteiger partial charge in [0.25, 0.3) is 0 Å². The molecule has 0 aliphatic carbocycles. The quantitative estimate of drug-likeness (QED) is 0.825. The first-order valence-corrected chi connectivity index (χ1v) is 5.05. The first-order valence-electron chi connectivity index (χ1n) is 4.27. The van der Waals surface area contributed by atoms with E-state index in [1.165, 1.54) is 11.5 Å². The zero-order chi connectivity index (χ0) is 10.8. The van der Waals surface area contributed by atoms with Crippen LogP contribution in [-0.4, -0.2) is 21.8 Å². The van der Waals surface area contributed by atoms with Crippen LogP contribution >= 0.6 is 23.9 Å². The monoisotopic (exact) mass is 250 g/mol. The largest absolute Gasteiger partial charge is 0.322 e. The lowest BCUT2D eigenvalue weighted by Crippen LogP contribution is -2.22. The van der Waals surface area contributed by atoms with Crippen molar-refractivity contribution in [2.24, 2.45) is 5.73 Å². The summed E-state index contributed by atoms with van der Waals surface area (Å²) in [7, 11) is 0. The molecule has 1 aromatic rings. The summed E-state index contributed by atoms with van der Waals surface area (Å²) < 4.78 is 4.15. The van der Waals surface area contributed by atoms with Crippen LogP contribution in [-0.2, 0) is 10.2 Å². The lowest BCUT2D eigenvalue weighted by atomic mass is 9.96. The maximum absolute atomic E-state index is 10.9. The number of aromatic nitrogens is 2. The number of nitrogens with zero attached hydrogens (tertiary/aromatic N) is 2. The van der Waals surface area contributed by atoms with Crippen molar-refractivity contribution in [2.45, 2.75) is 26.2 Å². The summed E-state index contributed by atoms with van der Waals surface area (Å²) in [4.78, 5) is 15.1. The van der Waals surface area contributed by atoms with E-state index in [4.69, 9.17) is 5.73 Å². The van der Waals surface area contributed by atoms with Crippen molar-refractivity contribution >= 4 is 35.0 Å². The molecule has 3 N–H and O–H groups in total. The fourth-order valence-corrected chi connectivity index (χ4v) is 1.52. The second kappa shape index (κ2) is 5.39. The molecule has 1 rings (SSSR count). The number of nitrogens with one attached hydrogen (secondary N) is 1. The van der Waals surface area contributed by atoms with Crippen LogP contribution in [0.1, 0.15) is 26.6 Å². The first-order chi connectivity index (χ1) is 6.43. The minimum Gasteiger partial charge on any atom is -0.322 e. The molecule has 0 fully saturated rings. The molecule has 86 valence electrons. The summed E-state index contributed by atoms with van der Waals surface area (Å²) >= 11 is 1.17. The Balaban J connectivity index is 0.00000196. The molecule has 0 bridgehead atoms. The van der Waals surface area contributed by atoms with Gasteiger partial charge in [0.05, 0.1) is 6.54 Å². The molecule has 0 aliphatic heterocycles. The predicted molar refractivity (Wildman–Crippen MR) is 63.5 cm³/mol. The minimum absolute atomic E-state index is 0. The number of hydrogen-bond acceptors (Lipinski definition) is 5. The summed E-state index contributed by atoms with van der Waals surface area (Å²) in [6, 6.07) is 0. The van der Waals surface area contributed by atoms with Crippen LogP contribution in [0.3, 0.4) is 0 Å². The third kappa shape index (κ3) is 4.11. The summed E-state index contributed by atoms with van der Waals surface area (Å²) in [5, 5.41) is 3.07. The fourth-order valence-electron chi connectivity index (χ4n) is 0.749. The molecule has 1 amide bonds. The van der Waals surface area contributed by atoms with Crippen LogP contribution in [0, 0.1) is 0 Å². The molecule has 0 aliphatic rings. The van der Waals surface area contributed by atoms with Crippen LogP contribution in [0.2, 0.25) is 0 Å². The summed E-state index contributed by atoms with van der Waals surface area (Å²) in [6.07, 6.45) is 0. The van der Waals surface area contributed by atoms with Gasteiger partial charge in [-0.1, -0.05) is 20.8 Å². The number of amides is 1. The van der Waals surface area contributed by atoms with Crippen LogP contribution in [0.25, 0.3) is 0 Å². The van der Waals surface area contributed by atoms with Crippen molar-refractivity contribution in [3.05, 3.63) is 5.82 Å². The van der Waals surface area contributed by atoms with Gasteiger partial charge in [0, 0.05) is 16.9 Å². The van der Waals surface area contributed by atoms with Gasteiger partial charge in [-0.25, -0.2) is 4.98 Å². The Hall–Kier alpha value is -0.720. The van der Waals surface area contributed by atoms with Crippen molar-refractivity contribution in [2.75, 3.05) is 11.9 Å². The van der Waals surface area contributed by atoms with Crippen molar-refractivity contribution < 1.29 is 4.79 Å². The van der Waals surface area contributed by atoms with Crippen LogP contribution in [0.15, 0.2) is 0 Å². The number of nitrogens with two attached hydrogens (primary N) is 1. The van der Waals surface area contributed by atoms with Crippen molar-refractivity contribution in [1.29, 1.82) is 0 Å². The van der Waals surface area contributed by atoms with Gasteiger partial charge < -0.3 is 5.73 Å². The van der Waals surface area contributed by atoms with Gasteiger partial charge in [-0.15, -0.1) is 12.4 Å². The SMILES string of the molecule is CC(C)(C)c1nsc(NC(=O)CN)n1.Cl. The highest BCUT2D eigenvalue weighted by Crippen LogP contribution is 2.22. The number of rotatable bonds is 2. The molecule has 0 atom stereocenters. The molecule has 0 aromatic carbocycles. The molecule has 15 heavy (non-hydrogen) atoms. The Kier molecular flexibility index (Phi) is 5.13. The van der Waals surface area contributed by atoms with Gasteiger partial charge in [-0.05, 0) is 0 Å². The van der Waals surface area contributed by atoms with E-state index in [1.54, 1.807) is 0 Å². The Bertz CT molecular complexity index is 334. The summed E-state index contributed by atoms with van der Waals surface area (Å²) in [5.41, 5.74) is 5.06. The average molecular weight is 251 g/mol. The molecule has 0 spiro atoms. The zero-order valence-corrected chi connectivity index (χ0v) is 10.5. The lowest BCUT2D eigenvalue weighted by Gasteiger charge is -2.12. The molecule has 1 heterocycles. The Labute approximate surface area is 99.0 Å². The van der Waals surface area contributed by atoms with E-state index in [9.17, 15) is 4.79 Å². The number of carbonyl (C=O) groups is 1. The van der Waals surface area contributed by atoms with Crippen molar-refractivity contribution in [1.82, 2.24) is 9.36 Å². The standard InChI is InChI=1S/C8H14N4OS.ClH/c1-8(2,3)6-11-7(14-12-6)10-5(13)4-9;/h4,9H2,1-3H3,(H,10,11,12,13);1H. The smallest absolute Gasteiger partial charge is 0.239 e. The van der Waals surface area contributed by atoms with E-state index in [0.717, 1.165) is 5.82 Å². The maximum Gasteiger partial charge on any atom is 0.239 e. The van der Waals surface area contributed by atoms with E-state index < -0.39 is 0 Å². The van der Waals surface area contributed by atoms with E-state index in [-0.39, 0.29) is 30.3 Å². The second-order valence-corrected chi connectivity index (χ2v) is 4.68. The fraction of sp³-hybridized carbons (Fsp3) is 0.625. The molecule has 5 nitrogen and oxygen atoms in total. The van der Waals surface area contributed by atoms with E-state index in [1.807, 2.05) is 20.8 Å². The molecule has 0 saturated heterocycles. The Morgan fingerprint density at radius 3 is 2.53 bits per heavy atom. The van der Waals surface area contributed by atoms with E-state index in [0.29, 0.717) is 5.13 Å². The second-order valence-electron chi connectivity index (χ2n) is 3.93. The number of hydrogen-bond donors (Lipinski definition) is 2. The molecule has 0 saturated carbocycles. The highest BCUT2D eigenvalue weighted by atomic mass is 35.5. The van der Waals surface area contributed by atoms with Crippen LogP contribution in [0.4, 0.5) is 5.13 Å². The number of halogens is 1. The third-order valence-electron chi connectivity index (χ3n) is 1.53. The van der Waals surface area contributed by atoms with Crippen molar-refractivity contribution in [3.8, 4) is 0 Å². The van der Waals surface area contributed by atoms with E-state index >= 15 is 0 Å². The van der Waals surface area contributed by atoms with Crippen LogP contribution < -0.4 is 11.1 Å². The third-order valence-corrected chi connectivity index (χ3v) is 2.16. The van der Waals surface area contributed by atoms with Gasteiger partial charge in [-0.2, -0.15) is 4.37 Å². The van der Waals surface area contributed by atoms with E-state index in [2.05, 4.69) is 14.7 Å². The minimum atomic E-state index is -0.249. The molecule has 0 unspecified atom stereocenters. The Morgan fingerprint density at radius 2 is 2.13 bits per heavy atom. The van der Waals surface area contributed by atoms with Gasteiger partial charge in [-0.3, -0.25) is 10.1 Å². The van der Waals surface area contributed by atoms with Crippen LogP contribution in [0.5, 0.6) is 0 Å². The zero-order valence-electron chi connectivity index (χ0n) is 8.90. The molecule has 0 radical (unpaired) electrons. The van der Waals surface area contributed by atoms with Crippen molar-refractivity contribution in [3.63, 3.8) is 0 Å². The molecular weight excluding hydrogens is 236 g/mol. The van der Waals surface area contributed by atoms with Gasteiger partial charge in [0.2, 0.25) is 11.0 Å². The summed E-state index contributed by atoms with van der Waals surface area (Å²) in [6.45, 7) is 6.02. The molecule has 7 heteroatoms. The number of anilines is 1. The average Bonchev–Trinajstić information content (AvgIpc) is 2.51. The van der Waals surface area contributed by atoms with Gasteiger partial charge in [0.1, 0.15) is 5.82 Å². The number of carbonyl (C=O) groups excluding carboxylic acids is 1.